The van der Waals surface area contributed by atoms with Crippen LogP contribution >= 0.6 is 0 Å². The molecule has 0 heterocycles. The third-order valence-electron chi connectivity index (χ3n) is 3.03. The fourth-order valence-corrected chi connectivity index (χ4v) is 1.84. The molecule has 1 aromatic rings. The highest BCUT2D eigenvalue weighted by Crippen LogP contribution is 2.18. The van der Waals surface area contributed by atoms with Crippen molar-refractivity contribution in [3.8, 4) is 5.75 Å². The van der Waals surface area contributed by atoms with E-state index in [1.165, 1.54) is 5.56 Å². The van der Waals surface area contributed by atoms with Crippen LogP contribution in [0.1, 0.15) is 24.5 Å². The third kappa shape index (κ3) is 6.05. The number of rotatable bonds is 8. The van der Waals surface area contributed by atoms with Gasteiger partial charge in [-0.15, -0.1) is 0 Å². The monoisotopic (exact) mass is 267 g/mol. The maximum Gasteiger partial charge on any atom is 0.122 e. The van der Waals surface area contributed by atoms with Gasteiger partial charge in [-0.25, -0.2) is 0 Å². The molecule has 0 bridgehead atoms. The van der Waals surface area contributed by atoms with Crippen molar-refractivity contribution in [1.29, 1.82) is 0 Å². The molecule has 0 aliphatic heterocycles. The van der Waals surface area contributed by atoms with E-state index in [-0.39, 0.29) is 19.3 Å². The van der Waals surface area contributed by atoms with Crippen LogP contribution < -0.4 is 10.1 Å². The maximum atomic E-state index is 9.82. The zero-order valence-electron chi connectivity index (χ0n) is 12.0. The van der Waals surface area contributed by atoms with Crippen molar-refractivity contribution in [2.24, 2.45) is 0 Å². The smallest absolute Gasteiger partial charge is 0.122 e. The molecule has 0 aromatic heterocycles. The number of benzene rings is 1. The molecule has 4 nitrogen and oxygen atoms in total. The van der Waals surface area contributed by atoms with Crippen LogP contribution in [0.5, 0.6) is 5.75 Å². The molecule has 0 amide bonds. The highest BCUT2D eigenvalue weighted by atomic mass is 16.5. The van der Waals surface area contributed by atoms with Crippen LogP contribution in [0.25, 0.3) is 0 Å². The molecule has 0 spiro atoms. The minimum atomic E-state index is -0.554. The second kappa shape index (κ2) is 8.15. The zero-order valence-corrected chi connectivity index (χ0v) is 12.0. The Balaban J connectivity index is 2.31. The van der Waals surface area contributed by atoms with Gasteiger partial charge >= 0.3 is 0 Å². The molecule has 2 atom stereocenters. The van der Waals surface area contributed by atoms with Crippen molar-refractivity contribution in [2.75, 3.05) is 19.8 Å². The number of aliphatic hydroxyl groups is 2. The summed E-state index contributed by atoms with van der Waals surface area (Å²) in [6, 6.07) is 6.18. The van der Waals surface area contributed by atoms with Gasteiger partial charge in [0.2, 0.25) is 0 Å². The number of hydrogen-bond acceptors (Lipinski definition) is 4. The van der Waals surface area contributed by atoms with Gasteiger partial charge in [0.1, 0.15) is 18.5 Å². The Morgan fingerprint density at radius 3 is 2.68 bits per heavy atom. The van der Waals surface area contributed by atoms with Crippen molar-refractivity contribution >= 4 is 0 Å². The first-order valence-corrected chi connectivity index (χ1v) is 6.75. The summed E-state index contributed by atoms with van der Waals surface area (Å²) in [5, 5.41) is 21.8. The van der Waals surface area contributed by atoms with E-state index in [0.717, 1.165) is 11.3 Å². The molecule has 1 rings (SSSR count). The Bertz CT molecular complexity index is 382. The largest absolute Gasteiger partial charge is 0.491 e. The number of aryl methyl sites for hydroxylation is 2. The predicted molar refractivity (Wildman–Crippen MR) is 76.6 cm³/mol. The predicted octanol–water partition coefficient (Wildman–Crippen LogP) is 1.40. The van der Waals surface area contributed by atoms with Crippen molar-refractivity contribution < 1.29 is 14.9 Å². The fraction of sp³-hybridized carbons (Fsp3) is 0.600. The van der Waals surface area contributed by atoms with E-state index in [1.54, 1.807) is 0 Å². The summed E-state index contributed by atoms with van der Waals surface area (Å²) in [5.74, 6) is 0.813. The molecule has 3 N–H and O–H groups in total. The van der Waals surface area contributed by atoms with Gasteiger partial charge in [0, 0.05) is 19.2 Å². The van der Waals surface area contributed by atoms with E-state index in [1.807, 2.05) is 32.9 Å². The summed E-state index contributed by atoms with van der Waals surface area (Å²) in [5.41, 5.74) is 2.28. The molecule has 108 valence electrons. The first-order valence-electron chi connectivity index (χ1n) is 6.75. The van der Waals surface area contributed by atoms with Crippen LogP contribution in [0, 0.1) is 13.8 Å². The summed E-state index contributed by atoms with van der Waals surface area (Å²) in [7, 11) is 0. The highest BCUT2D eigenvalue weighted by Gasteiger charge is 2.08. The molecule has 4 heteroatoms. The summed E-state index contributed by atoms with van der Waals surface area (Å²) in [6.45, 7) is 6.90. The molecular formula is C15H25NO3. The van der Waals surface area contributed by atoms with Gasteiger partial charge in [0.15, 0.2) is 0 Å². The van der Waals surface area contributed by atoms with Crippen molar-refractivity contribution in [3.05, 3.63) is 29.3 Å². The van der Waals surface area contributed by atoms with Crippen LogP contribution in [-0.4, -0.2) is 42.1 Å². The van der Waals surface area contributed by atoms with Crippen LogP contribution in [0.15, 0.2) is 18.2 Å². The Morgan fingerprint density at radius 2 is 2.05 bits per heavy atom. The second-order valence-electron chi connectivity index (χ2n) is 5.06. The number of aliphatic hydroxyl groups excluding tert-OH is 2. The van der Waals surface area contributed by atoms with Gasteiger partial charge in [-0.05, 0) is 38.8 Å². The molecular weight excluding hydrogens is 242 g/mol. The van der Waals surface area contributed by atoms with E-state index in [0.29, 0.717) is 13.0 Å². The Hall–Kier alpha value is -1.10. The Morgan fingerprint density at radius 1 is 1.32 bits per heavy atom. The molecule has 0 fully saturated rings. The number of hydrogen-bond donors (Lipinski definition) is 3. The average molecular weight is 267 g/mol. The Labute approximate surface area is 115 Å². The van der Waals surface area contributed by atoms with E-state index in [9.17, 15) is 5.11 Å². The number of nitrogens with one attached hydrogen (secondary N) is 1. The van der Waals surface area contributed by atoms with Gasteiger partial charge in [0.05, 0.1) is 0 Å². The SMILES string of the molecule is Cc1ccc(OCC(O)CNC(C)CCO)c(C)c1. The highest BCUT2D eigenvalue weighted by molar-refractivity contribution is 5.35. The maximum absolute atomic E-state index is 9.82. The van der Waals surface area contributed by atoms with Gasteiger partial charge in [-0.1, -0.05) is 17.7 Å². The summed E-state index contributed by atoms with van der Waals surface area (Å²) in [6.07, 6.45) is 0.131. The normalized spacial score (nSPS) is 14.2. The number of ether oxygens (including phenoxy) is 1. The lowest BCUT2D eigenvalue weighted by Crippen LogP contribution is -2.37. The van der Waals surface area contributed by atoms with E-state index in [4.69, 9.17) is 9.84 Å². The quantitative estimate of drug-likeness (QED) is 0.666. The van der Waals surface area contributed by atoms with Crippen LogP contribution in [0.4, 0.5) is 0 Å². The third-order valence-corrected chi connectivity index (χ3v) is 3.03. The van der Waals surface area contributed by atoms with Gasteiger partial charge in [-0.2, -0.15) is 0 Å². The lowest BCUT2D eigenvalue weighted by atomic mass is 10.1. The van der Waals surface area contributed by atoms with Crippen LogP contribution in [-0.2, 0) is 0 Å². The summed E-state index contributed by atoms with van der Waals surface area (Å²) in [4.78, 5) is 0. The lowest BCUT2D eigenvalue weighted by Gasteiger charge is -2.17. The molecule has 2 unspecified atom stereocenters. The molecule has 0 saturated heterocycles. The Kier molecular flexibility index (Phi) is 6.84. The minimum absolute atomic E-state index is 0.156. The van der Waals surface area contributed by atoms with Gasteiger partial charge < -0.3 is 20.3 Å². The average Bonchev–Trinajstić information content (AvgIpc) is 2.35. The van der Waals surface area contributed by atoms with Crippen molar-refractivity contribution in [1.82, 2.24) is 5.32 Å². The van der Waals surface area contributed by atoms with Crippen LogP contribution in [0.2, 0.25) is 0 Å². The minimum Gasteiger partial charge on any atom is -0.491 e. The molecule has 1 aromatic carbocycles. The molecule has 0 aliphatic rings. The first-order chi connectivity index (χ1) is 9.02. The topological polar surface area (TPSA) is 61.7 Å². The van der Waals surface area contributed by atoms with Crippen LogP contribution in [0.3, 0.4) is 0 Å². The van der Waals surface area contributed by atoms with Crippen molar-refractivity contribution in [2.45, 2.75) is 39.3 Å². The van der Waals surface area contributed by atoms with Gasteiger partial charge in [0.25, 0.3) is 0 Å². The molecule has 0 radical (unpaired) electrons. The van der Waals surface area contributed by atoms with E-state index >= 15 is 0 Å². The summed E-state index contributed by atoms with van der Waals surface area (Å²) < 4.78 is 5.61. The zero-order chi connectivity index (χ0) is 14.3. The fourth-order valence-electron chi connectivity index (χ4n) is 1.84. The second-order valence-corrected chi connectivity index (χ2v) is 5.06. The summed E-state index contributed by atoms with van der Waals surface area (Å²) >= 11 is 0. The first kappa shape index (κ1) is 16.0. The standard InChI is InChI=1S/C15H25NO3/c1-11-4-5-15(12(2)8-11)19-10-14(18)9-16-13(3)6-7-17/h4-5,8,13-14,16-18H,6-7,9-10H2,1-3H3. The van der Waals surface area contributed by atoms with Gasteiger partial charge in [-0.3, -0.25) is 0 Å². The molecule has 0 saturated carbocycles. The molecule has 0 aliphatic carbocycles. The van der Waals surface area contributed by atoms with E-state index in [2.05, 4.69) is 11.4 Å². The lowest BCUT2D eigenvalue weighted by molar-refractivity contribution is 0.102. The molecule has 19 heavy (non-hydrogen) atoms. The van der Waals surface area contributed by atoms with E-state index < -0.39 is 6.10 Å². The van der Waals surface area contributed by atoms with Crippen molar-refractivity contribution in [3.63, 3.8) is 0 Å².